The van der Waals surface area contributed by atoms with Crippen molar-refractivity contribution in [3.05, 3.63) is 101 Å². The van der Waals surface area contributed by atoms with E-state index < -0.39 is 6.04 Å². The number of anilines is 1. The molecule has 0 aliphatic rings. The second kappa shape index (κ2) is 10.6. The van der Waals surface area contributed by atoms with Crippen molar-refractivity contribution in [2.24, 2.45) is 0 Å². The van der Waals surface area contributed by atoms with Crippen molar-refractivity contribution in [2.45, 2.75) is 45.6 Å². The van der Waals surface area contributed by atoms with E-state index in [4.69, 9.17) is 0 Å². The highest BCUT2D eigenvalue weighted by Gasteiger charge is 2.22. The molecule has 0 radical (unpaired) electrons. The first-order valence-corrected chi connectivity index (χ1v) is 10.8. The summed E-state index contributed by atoms with van der Waals surface area (Å²) in [6.07, 6.45) is 1.20. The molecule has 0 saturated heterocycles. The molecule has 0 saturated carbocycles. The summed E-state index contributed by atoms with van der Waals surface area (Å²) in [4.78, 5) is 26.0. The van der Waals surface area contributed by atoms with Gasteiger partial charge in [-0.3, -0.25) is 9.59 Å². The van der Waals surface area contributed by atoms with E-state index in [-0.39, 0.29) is 14.7 Å². The minimum atomic E-state index is -0.644. The van der Waals surface area contributed by atoms with Crippen LogP contribution in [-0.2, 0) is 11.2 Å². The number of aryl methyl sites for hydroxylation is 1. The molecule has 2 N–H and O–H groups in total. The van der Waals surface area contributed by atoms with Crippen LogP contribution in [0.15, 0.2) is 78.9 Å². The van der Waals surface area contributed by atoms with E-state index in [1.165, 1.54) is 5.56 Å². The summed E-state index contributed by atoms with van der Waals surface area (Å²) < 4.78 is 0. The number of carbonyl (C=O) groups excluding carboxylic acids is 2. The van der Waals surface area contributed by atoms with Crippen molar-refractivity contribution in [2.75, 3.05) is 5.32 Å². The molecule has 3 aromatic carbocycles. The van der Waals surface area contributed by atoms with Crippen molar-refractivity contribution < 1.29 is 12.4 Å². The van der Waals surface area contributed by atoms with Crippen LogP contribution in [0, 0.1) is 6.92 Å². The zero-order valence-electron chi connectivity index (χ0n) is 18.4. The smallest absolute Gasteiger partial charge is 0.251 e. The molecule has 1 unspecified atom stereocenters. The molecule has 0 aromatic heterocycles. The van der Waals surface area contributed by atoms with E-state index in [1.807, 2.05) is 67.6 Å². The molecule has 4 heteroatoms. The van der Waals surface area contributed by atoms with Crippen LogP contribution in [0.4, 0.5) is 5.69 Å². The van der Waals surface area contributed by atoms with E-state index in [2.05, 4.69) is 30.5 Å². The van der Waals surface area contributed by atoms with E-state index in [0.29, 0.717) is 24.3 Å². The lowest BCUT2D eigenvalue weighted by Crippen LogP contribution is -2.44. The highest BCUT2D eigenvalue weighted by molar-refractivity contribution is 6.01. The van der Waals surface area contributed by atoms with E-state index >= 15 is 0 Å². The molecular weight excluding hydrogens is 384 g/mol. The number of rotatable bonds is 8. The molecule has 0 heterocycles. The fourth-order valence-electron chi connectivity index (χ4n) is 3.69. The summed E-state index contributed by atoms with van der Waals surface area (Å²) in [5.41, 5.74) is 4.72. The normalized spacial score (nSPS) is 11.7. The summed E-state index contributed by atoms with van der Waals surface area (Å²) in [5, 5.41) is 5.97. The van der Waals surface area contributed by atoms with Gasteiger partial charge in [0, 0.05) is 14.1 Å². The molecule has 3 rings (SSSR count). The lowest BCUT2D eigenvalue weighted by Gasteiger charge is -2.21. The first-order chi connectivity index (χ1) is 15.0. The summed E-state index contributed by atoms with van der Waals surface area (Å²) in [6.45, 7) is 6.29. The second-order valence-electron chi connectivity index (χ2n) is 8.08. The largest absolute Gasteiger partial charge is 0.340 e. The average molecular weight is 419 g/mol. The van der Waals surface area contributed by atoms with Gasteiger partial charge in [0.25, 0.3) is 5.91 Å². The zero-order valence-corrected chi connectivity index (χ0v) is 18.4. The Morgan fingerprint density at radius 2 is 1.52 bits per heavy atom. The third-order valence-corrected chi connectivity index (χ3v) is 5.48. The Morgan fingerprint density at radius 3 is 2.16 bits per heavy atom. The van der Waals surface area contributed by atoms with Gasteiger partial charge in [-0.25, -0.2) is 0 Å². The van der Waals surface area contributed by atoms with Crippen molar-refractivity contribution in [1.82, 2.24) is 5.32 Å². The molecule has 4 nitrogen and oxygen atoms in total. The van der Waals surface area contributed by atoms with Crippen LogP contribution in [0.25, 0.3) is 0 Å². The predicted octanol–water partition coefficient (Wildman–Crippen LogP) is 5.98. The molecule has 0 aliphatic heterocycles. The Morgan fingerprint density at radius 1 is 0.871 bits per heavy atom. The summed E-state index contributed by atoms with van der Waals surface area (Å²) >= 11 is 0. The molecular formula is C27H34N2O2. The maximum atomic E-state index is 13.2. The van der Waals surface area contributed by atoms with Crippen LogP contribution in [0.2, 0.25) is 0 Å². The lowest BCUT2D eigenvalue weighted by atomic mass is 9.96. The summed E-state index contributed by atoms with van der Waals surface area (Å²) in [7, 11) is 0. The fourth-order valence-corrected chi connectivity index (χ4v) is 3.69. The Balaban J connectivity index is 0.00000272. The van der Waals surface area contributed by atoms with Crippen molar-refractivity contribution in [3.8, 4) is 0 Å². The minimum Gasteiger partial charge on any atom is -0.340 e. The predicted molar refractivity (Wildman–Crippen MR) is 131 cm³/mol. The highest BCUT2D eigenvalue weighted by atomic mass is 16.2. The van der Waals surface area contributed by atoms with E-state index in [9.17, 15) is 9.59 Å². The number of nitrogens with one attached hydrogen (secondary N) is 2. The second-order valence-corrected chi connectivity index (χ2v) is 8.08. The number of hydrogen-bond acceptors (Lipinski definition) is 2. The van der Waals surface area contributed by atoms with E-state index in [0.717, 1.165) is 16.8 Å². The minimum absolute atomic E-state index is 0. The van der Waals surface area contributed by atoms with Gasteiger partial charge in [-0.2, -0.15) is 0 Å². The van der Waals surface area contributed by atoms with Crippen LogP contribution in [0.3, 0.4) is 0 Å². The van der Waals surface area contributed by atoms with Crippen molar-refractivity contribution >= 4 is 17.5 Å². The van der Waals surface area contributed by atoms with E-state index in [1.54, 1.807) is 12.1 Å². The van der Waals surface area contributed by atoms with Gasteiger partial charge in [-0.1, -0.05) is 74.5 Å². The Hall–Kier alpha value is -3.40. The first-order valence-electron chi connectivity index (χ1n) is 10.8. The van der Waals surface area contributed by atoms with Gasteiger partial charge < -0.3 is 10.6 Å². The van der Waals surface area contributed by atoms with Crippen LogP contribution in [-0.4, -0.2) is 17.9 Å². The first kappa shape index (κ1) is 22.3. The molecule has 3 aromatic rings. The van der Waals surface area contributed by atoms with Crippen LogP contribution < -0.4 is 10.6 Å². The van der Waals surface area contributed by atoms with Gasteiger partial charge >= 0.3 is 0 Å². The fraction of sp³-hybridized carbons (Fsp3) is 0.259. The molecule has 31 heavy (non-hydrogen) atoms. The third-order valence-electron chi connectivity index (χ3n) is 5.48. The van der Waals surface area contributed by atoms with Gasteiger partial charge in [0.05, 0.1) is 0 Å². The topological polar surface area (TPSA) is 58.2 Å². The quantitative estimate of drug-likeness (QED) is 0.473. The van der Waals surface area contributed by atoms with Gasteiger partial charge in [0.2, 0.25) is 5.91 Å². The molecule has 0 bridgehead atoms. The monoisotopic (exact) mass is 418 g/mol. The zero-order chi connectivity index (χ0) is 22.2. The lowest BCUT2D eigenvalue weighted by molar-refractivity contribution is -0.118. The highest BCUT2D eigenvalue weighted by Crippen LogP contribution is 2.25. The van der Waals surface area contributed by atoms with Crippen LogP contribution >= 0.6 is 0 Å². The molecule has 0 fully saturated rings. The number of amides is 2. The van der Waals surface area contributed by atoms with Crippen molar-refractivity contribution in [3.63, 3.8) is 0 Å². The van der Waals surface area contributed by atoms with Gasteiger partial charge in [-0.15, -0.1) is 0 Å². The number of carbonyl (C=O) groups is 2. The number of hydrogen-bond donors (Lipinski definition) is 2. The Labute approximate surface area is 187 Å². The summed E-state index contributed by atoms with van der Waals surface area (Å²) in [6, 6.07) is 24.3. The van der Waals surface area contributed by atoms with Crippen molar-refractivity contribution in [1.29, 1.82) is 0 Å². The molecule has 0 spiro atoms. The maximum Gasteiger partial charge on any atom is 0.251 e. The SMILES string of the molecule is Cc1c(NC(=O)C(CCc2ccccc2)NC(=O)c2ccccc2)cccc1C(C)C.[HH].[HH]. The molecule has 1 atom stereocenters. The van der Waals surface area contributed by atoms with Gasteiger partial charge in [0.1, 0.15) is 6.04 Å². The number of benzene rings is 3. The van der Waals surface area contributed by atoms with Crippen LogP contribution in [0.1, 0.15) is 56.1 Å². The van der Waals surface area contributed by atoms with Gasteiger partial charge in [-0.05, 0) is 60.6 Å². The van der Waals surface area contributed by atoms with Crippen LogP contribution in [0.5, 0.6) is 0 Å². The summed E-state index contributed by atoms with van der Waals surface area (Å²) in [5.74, 6) is -0.0887. The molecule has 164 valence electrons. The Bertz CT molecular complexity index is 1020. The maximum absolute atomic E-state index is 13.2. The molecule has 2 amide bonds. The third kappa shape index (κ3) is 6.05. The molecule has 0 aliphatic carbocycles. The Kier molecular flexibility index (Phi) is 7.60. The van der Waals surface area contributed by atoms with Gasteiger partial charge in [0.15, 0.2) is 0 Å². The average Bonchev–Trinajstić information content (AvgIpc) is 2.78. The standard InChI is InChI=1S/C27H30N2O2.2H2/c1-19(2)23-15-10-16-24(20(23)3)28-27(31)25(18-17-21-11-6-4-7-12-21)29-26(30)22-13-8-5-9-14-22;;/h4-16,19,25H,17-18H2,1-3H3,(H,28,31)(H,29,30);2*1H.